The van der Waals surface area contributed by atoms with E-state index < -0.39 is 0 Å². The number of halogens is 1. The molecule has 0 N–H and O–H groups in total. The van der Waals surface area contributed by atoms with Crippen molar-refractivity contribution in [3.05, 3.63) is 28.9 Å². The molecule has 2 aromatic rings. The van der Waals surface area contributed by atoms with Gasteiger partial charge in [-0.05, 0) is 31.5 Å². The third-order valence-corrected chi connectivity index (χ3v) is 4.50. The second kappa shape index (κ2) is 4.55. The summed E-state index contributed by atoms with van der Waals surface area (Å²) in [4.78, 5) is 13.3. The number of imidazole rings is 1. The summed E-state index contributed by atoms with van der Waals surface area (Å²) in [5, 5.41) is 2.38. The summed E-state index contributed by atoms with van der Waals surface area (Å²) in [6, 6.07) is 0. The highest BCUT2D eigenvalue weighted by molar-refractivity contribution is 7.99. The van der Waals surface area contributed by atoms with Crippen molar-refractivity contribution in [2.45, 2.75) is 35.9 Å². The molecule has 4 nitrogen and oxygen atoms in total. The molecular formula is C12H13ClN4S. The van der Waals surface area contributed by atoms with Crippen molar-refractivity contribution in [2.75, 3.05) is 0 Å². The molecule has 0 unspecified atom stereocenters. The molecule has 0 atom stereocenters. The second-order valence-electron chi connectivity index (χ2n) is 4.50. The number of rotatable bonds is 3. The van der Waals surface area contributed by atoms with Crippen molar-refractivity contribution in [3.8, 4) is 0 Å². The van der Waals surface area contributed by atoms with Crippen LogP contribution in [0.2, 0.25) is 5.15 Å². The van der Waals surface area contributed by atoms with E-state index in [0.717, 1.165) is 21.6 Å². The Bertz CT molecular complexity index is 592. The van der Waals surface area contributed by atoms with Gasteiger partial charge >= 0.3 is 0 Å². The lowest BCUT2D eigenvalue weighted by atomic mass is 10.3. The predicted octanol–water partition coefficient (Wildman–Crippen LogP) is 3.20. The fourth-order valence-corrected chi connectivity index (χ4v) is 2.76. The van der Waals surface area contributed by atoms with E-state index in [0.29, 0.717) is 11.1 Å². The summed E-state index contributed by atoms with van der Waals surface area (Å²) in [6.45, 7) is 1.95. The Morgan fingerprint density at radius 1 is 1.39 bits per heavy atom. The average molecular weight is 281 g/mol. The maximum absolute atomic E-state index is 6.18. The van der Waals surface area contributed by atoms with E-state index in [4.69, 9.17) is 11.6 Å². The van der Waals surface area contributed by atoms with Crippen LogP contribution >= 0.6 is 23.4 Å². The highest BCUT2D eigenvalue weighted by Crippen LogP contribution is 2.40. The summed E-state index contributed by atoms with van der Waals surface area (Å²) in [7, 11) is 1.97. The largest absolute Gasteiger partial charge is 0.329 e. The number of aryl methyl sites for hydroxylation is 1. The molecule has 1 fully saturated rings. The van der Waals surface area contributed by atoms with Crippen LogP contribution in [-0.4, -0.2) is 19.5 Å². The van der Waals surface area contributed by atoms with Crippen molar-refractivity contribution in [1.82, 2.24) is 19.5 Å². The first-order chi connectivity index (χ1) is 8.65. The first-order valence-corrected chi connectivity index (χ1v) is 7.04. The molecule has 2 aromatic heterocycles. The van der Waals surface area contributed by atoms with Gasteiger partial charge < -0.3 is 4.57 Å². The standard InChI is InChI=1S/C12H13ClN4S/c1-7-9(13)15-10(8-3-4-8)16-11(7)18-12-14-5-6-17(12)2/h5-6,8H,3-4H2,1-2H3. The first-order valence-electron chi connectivity index (χ1n) is 5.84. The zero-order chi connectivity index (χ0) is 12.7. The fraction of sp³-hybridized carbons (Fsp3) is 0.417. The van der Waals surface area contributed by atoms with Gasteiger partial charge in [-0.2, -0.15) is 0 Å². The van der Waals surface area contributed by atoms with Gasteiger partial charge in [0.2, 0.25) is 0 Å². The molecule has 1 saturated carbocycles. The van der Waals surface area contributed by atoms with Crippen LogP contribution in [0.4, 0.5) is 0 Å². The molecule has 94 valence electrons. The zero-order valence-corrected chi connectivity index (χ0v) is 11.8. The van der Waals surface area contributed by atoms with Gasteiger partial charge in [0.25, 0.3) is 0 Å². The highest BCUT2D eigenvalue weighted by Gasteiger charge is 2.28. The number of hydrogen-bond donors (Lipinski definition) is 0. The van der Waals surface area contributed by atoms with Crippen LogP contribution in [0.3, 0.4) is 0 Å². The van der Waals surface area contributed by atoms with Crippen molar-refractivity contribution in [2.24, 2.45) is 7.05 Å². The van der Waals surface area contributed by atoms with E-state index in [2.05, 4.69) is 15.0 Å². The molecule has 3 rings (SSSR count). The van der Waals surface area contributed by atoms with Gasteiger partial charge in [-0.25, -0.2) is 15.0 Å². The van der Waals surface area contributed by atoms with Crippen molar-refractivity contribution in [3.63, 3.8) is 0 Å². The quantitative estimate of drug-likeness (QED) is 0.810. The van der Waals surface area contributed by atoms with Gasteiger partial charge in [0.1, 0.15) is 16.0 Å². The van der Waals surface area contributed by atoms with Gasteiger partial charge in [0, 0.05) is 30.9 Å². The minimum Gasteiger partial charge on any atom is -0.329 e. The Kier molecular flexibility index (Phi) is 3.03. The molecule has 0 aromatic carbocycles. The first kappa shape index (κ1) is 12.0. The molecular weight excluding hydrogens is 268 g/mol. The maximum Gasteiger partial charge on any atom is 0.174 e. The fourth-order valence-electron chi connectivity index (χ4n) is 1.65. The zero-order valence-electron chi connectivity index (χ0n) is 10.2. The molecule has 1 aliphatic rings. The molecule has 6 heteroatoms. The molecule has 0 aliphatic heterocycles. The number of nitrogens with zero attached hydrogens (tertiary/aromatic N) is 4. The van der Waals surface area contributed by atoms with Gasteiger partial charge in [-0.15, -0.1) is 0 Å². The van der Waals surface area contributed by atoms with Gasteiger partial charge in [-0.1, -0.05) is 11.6 Å². The van der Waals surface area contributed by atoms with Crippen LogP contribution in [0.5, 0.6) is 0 Å². The Balaban J connectivity index is 1.97. The van der Waals surface area contributed by atoms with Crippen LogP contribution in [0, 0.1) is 6.92 Å². The van der Waals surface area contributed by atoms with E-state index >= 15 is 0 Å². The summed E-state index contributed by atoms with van der Waals surface area (Å²) in [5.74, 6) is 1.38. The summed E-state index contributed by atoms with van der Waals surface area (Å²) >= 11 is 7.72. The smallest absolute Gasteiger partial charge is 0.174 e. The summed E-state index contributed by atoms with van der Waals surface area (Å²) < 4.78 is 1.97. The lowest BCUT2D eigenvalue weighted by molar-refractivity contribution is 0.784. The Morgan fingerprint density at radius 2 is 2.17 bits per heavy atom. The number of aromatic nitrogens is 4. The lowest BCUT2D eigenvalue weighted by Crippen LogP contribution is -1.99. The molecule has 0 bridgehead atoms. The molecule has 0 spiro atoms. The minimum absolute atomic E-state index is 0.504. The van der Waals surface area contributed by atoms with Crippen molar-refractivity contribution >= 4 is 23.4 Å². The summed E-state index contributed by atoms with van der Waals surface area (Å²) in [5.41, 5.74) is 0.925. The average Bonchev–Trinajstić information content (AvgIpc) is 3.11. The van der Waals surface area contributed by atoms with E-state index in [1.807, 2.05) is 24.7 Å². The third-order valence-electron chi connectivity index (χ3n) is 2.97. The molecule has 1 aliphatic carbocycles. The van der Waals surface area contributed by atoms with E-state index in [1.165, 1.54) is 24.6 Å². The van der Waals surface area contributed by atoms with Crippen LogP contribution in [0.1, 0.15) is 30.1 Å². The topological polar surface area (TPSA) is 43.6 Å². The molecule has 0 amide bonds. The van der Waals surface area contributed by atoms with Gasteiger partial charge in [0.05, 0.1) is 0 Å². The maximum atomic E-state index is 6.18. The molecule has 2 heterocycles. The minimum atomic E-state index is 0.504. The molecule has 0 radical (unpaired) electrons. The third kappa shape index (κ3) is 2.24. The van der Waals surface area contributed by atoms with Gasteiger partial charge in [0.15, 0.2) is 5.16 Å². The molecule has 18 heavy (non-hydrogen) atoms. The predicted molar refractivity (Wildman–Crippen MR) is 71.1 cm³/mol. The molecule has 0 saturated heterocycles. The van der Waals surface area contributed by atoms with E-state index in [1.54, 1.807) is 6.20 Å². The van der Waals surface area contributed by atoms with E-state index in [-0.39, 0.29) is 0 Å². The van der Waals surface area contributed by atoms with Crippen molar-refractivity contribution < 1.29 is 0 Å². The van der Waals surface area contributed by atoms with Crippen LogP contribution < -0.4 is 0 Å². The second-order valence-corrected chi connectivity index (χ2v) is 5.81. The van der Waals surface area contributed by atoms with Crippen LogP contribution in [0.15, 0.2) is 22.6 Å². The summed E-state index contributed by atoms with van der Waals surface area (Å²) in [6.07, 6.45) is 6.04. The van der Waals surface area contributed by atoms with Gasteiger partial charge in [-0.3, -0.25) is 0 Å². The van der Waals surface area contributed by atoms with Crippen molar-refractivity contribution in [1.29, 1.82) is 0 Å². The van der Waals surface area contributed by atoms with Crippen LogP contribution in [0.25, 0.3) is 0 Å². The van der Waals surface area contributed by atoms with Crippen LogP contribution in [-0.2, 0) is 7.05 Å². The highest BCUT2D eigenvalue weighted by atomic mass is 35.5. The SMILES string of the molecule is Cc1c(Cl)nc(C2CC2)nc1Sc1nccn1C. The van der Waals surface area contributed by atoms with E-state index in [9.17, 15) is 0 Å². The Morgan fingerprint density at radius 3 is 2.78 bits per heavy atom. The monoisotopic (exact) mass is 280 g/mol. The normalized spacial score (nSPS) is 15.1. The number of hydrogen-bond acceptors (Lipinski definition) is 4. The Hall–Kier alpha value is -1.07. The Labute approximate surface area is 115 Å². The lowest BCUT2D eigenvalue weighted by Gasteiger charge is -2.08.